The molecule has 0 aromatic heterocycles. The van der Waals surface area contributed by atoms with E-state index in [1.54, 1.807) is 11.8 Å². The lowest BCUT2D eigenvalue weighted by atomic mass is 9.87. The molecule has 31 heavy (non-hydrogen) atoms. The molecule has 0 radical (unpaired) electrons. The molecule has 0 aliphatic carbocycles. The molecule has 168 valence electrons. The molecule has 2 aromatic rings. The number of hydrogen-bond acceptors (Lipinski definition) is 3. The summed E-state index contributed by atoms with van der Waals surface area (Å²) < 4.78 is 5.76. The summed E-state index contributed by atoms with van der Waals surface area (Å²) in [5, 5.41) is 2.92. The van der Waals surface area contributed by atoms with Gasteiger partial charge in [0.05, 0.1) is 0 Å². The lowest BCUT2D eigenvalue weighted by molar-refractivity contribution is -0.142. The Bertz CT molecular complexity index is 826. The second-order valence-electron chi connectivity index (χ2n) is 8.89. The Morgan fingerprint density at radius 3 is 2.26 bits per heavy atom. The minimum atomic E-state index is -0.587. The maximum absolute atomic E-state index is 13.0. The first-order valence-electron chi connectivity index (χ1n) is 11.1. The van der Waals surface area contributed by atoms with E-state index in [0.29, 0.717) is 18.8 Å². The molecule has 2 amide bonds. The Kier molecular flexibility index (Phi) is 9.10. The molecule has 5 heteroatoms. The van der Waals surface area contributed by atoms with Gasteiger partial charge in [-0.1, -0.05) is 76.6 Å². The van der Waals surface area contributed by atoms with E-state index in [0.717, 1.165) is 18.4 Å². The van der Waals surface area contributed by atoms with E-state index in [4.69, 9.17) is 4.74 Å². The lowest BCUT2D eigenvalue weighted by Crippen LogP contribution is -2.49. The number of carbonyl (C=O) groups excluding carboxylic acids is 2. The highest BCUT2D eigenvalue weighted by atomic mass is 16.5. The van der Waals surface area contributed by atoms with Gasteiger partial charge in [-0.3, -0.25) is 9.59 Å². The molecule has 0 aliphatic rings. The molecule has 2 aromatic carbocycles. The van der Waals surface area contributed by atoms with Crippen molar-refractivity contribution in [1.29, 1.82) is 0 Å². The average Bonchev–Trinajstić information content (AvgIpc) is 2.76. The second-order valence-corrected chi connectivity index (χ2v) is 8.89. The number of ether oxygens (including phenoxy) is 1. The Hall–Kier alpha value is -2.82. The molecule has 5 nitrogen and oxygen atoms in total. The zero-order valence-electron chi connectivity index (χ0n) is 19.5. The molecule has 1 N–H and O–H groups in total. The van der Waals surface area contributed by atoms with Gasteiger partial charge < -0.3 is 15.0 Å². The topological polar surface area (TPSA) is 58.6 Å². The van der Waals surface area contributed by atoms with Crippen LogP contribution in [-0.2, 0) is 21.5 Å². The highest BCUT2D eigenvalue weighted by molar-refractivity contribution is 5.87. The van der Waals surface area contributed by atoms with Crippen LogP contribution in [0.5, 0.6) is 5.75 Å². The third-order valence-electron chi connectivity index (χ3n) is 5.28. The SMILES string of the molecule is CCCCNC(=O)[C@H](C)N(Cc1ccccc1)C(=O)COc1ccc(C(C)(C)C)cc1. The minimum Gasteiger partial charge on any atom is -0.484 e. The molecule has 0 saturated heterocycles. The monoisotopic (exact) mass is 424 g/mol. The van der Waals surface area contributed by atoms with Crippen molar-refractivity contribution in [2.75, 3.05) is 13.2 Å². The number of nitrogens with zero attached hydrogens (tertiary/aromatic N) is 1. The van der Waals surface area contributed by atoms with E-state index in [1.807, 2.05) is 54.6 Å². The van der Waals surface area contributed by atoms with Crippen LogP contribution in [0.3, 0.4) is 0 Å². The minimum absolute atomic E-state index is 0.0569. The molecule has 2 rings (SSSR count). The normalized spacial score (nSPS) is 12.2. The maximum atomic E-state index is 13.0. The van der Waals surface area contributed by atoms with Crippen molar-refractivity contribution in [1.82, 2.24) is 10.2 Å². The number of carbonyl (C=O) groups is 2. The Morgan fingerprint density at radius 2 is 1.68 bits per heavy atom. The van der Waals surface area contributed by atoms with Crippen LogP contribution in [0, 0.1) is 0 Å². The Balaban J connectivity index is 2.07. The quantitative estimate of drug-likeness (QED) is 0.563. The fourth-order valence-electron chi connectivity index (χ4n) is 3.18. The largest absolute Gasteiger partial charge is 0.484 e. The summed E-state index contributed by atoms with van der Waals surface area (Å²) in [5.74, 6) is 0.273. The zero-order valence-corrected chi connectivity index (χ0v) is 19.5. The van der Waals surface area contributed by atoms with Crippen LogP contribution in [0.4, 0.5) is 0 Å². The fourth-order valence-corrected chi connectivity index (χ4v) is 3.18. The van der Waals surface area contributed by atoms with Gasteiger partial charge >= 0.3 is 0 Å². The highest BCUT2D eigenvalue weighted by Crippen LogP contribution is 2.24. The summed E-state index contributed by atoms with van der Waals surface area (Å²) in [6, 6.07) is 16.9. The van der Waals surface area contributed by atoms with Crippen LogP contribution in [0.2, 0.25) is 0 Å². The highest BCUT2D eigenvalue weighted by Gasteiger charge is 2.26. The standard InChI is InChI=1S/C26H36N2O3/c1-6-7-17-27-25(30)20(2)28(18-21-11-9-8-10-12-21)24(29)19-31-23-15-13-22(14-16-23)26(3,4)5/h8-16,20H,6-7,17-19H2,1-5H3,(H,27,30)/t20-/m0/s1. The van der Waals surface area contributed by atoms with E-state index in [9.17, 15) is 9.59 Å². The number of amides is 2. The Labute approximate surface area is 186 Å². The van der Waals surface area contributed by atoms with Gasteiger partial charge in [-0.25, -0.2) is 0 Å². The third kappa shape index (κ3) is 7.74. The molecule has 0 unspecified atom stereocenters. The Morgan fingerprint density at radius 1 is 1.03 bits per heavy atom. The van der Waals surface area contributed by atoms with Crippen LogP contribution in [0.25, 0.3) is 0 Å². The molecular weight excluding hydrogens is 388 g/mol. The van der Waals surface area contributed by atoms with Gasteiger partial charge in [0.1, 0.15) is 11.8 Å². The summed E-state index contributed by atoms with van der Waals surface area (Å²) in [5.41, 5.74) is 2.23. The van der Waals surface area contributed by atoms with Crippen LogP contribution in [0.15, 0.2) is 54.6 Å². The molecule has 0 saturated carbocycles. The second kappa shape index (κ2) is 11.5. The van der Waals surface area contributed by atoms with Gasteiger partial charge in [-0.2, -0.15) is 0 Å². The molecule has 1 atom stereocenters. The third-order valence-corrected chi connectivity index (χ3v) is 5.28. The van der Waals surface area contributed by atoms with Crippen LogP contribution >= 0.6 is 0 Å². The van der Waals surface area contributed by atoms with E-state index in [-0.39, 0.29) is 23.8 Å². The first-order chi connectivity index (χ1) is 14.7. The molecule has 0 bridgehead atoms. The summed E-state index contributed by atoms with van der Waals surface area (Å²) in [4.78, 5) is 27.2. The predicted molar refractivity (Wildman–Crippen MR) is 125 cm³/mol. The van der Waals surface area contributed by atoms with Crippen molar-refractivity contribution in [3.8, 4) is 5.75 Å². The van der Waals surface area contributed by atoms with Gasteiger partial charge in [0, 0.05) is 13.1 Å². The number of rotatable bonds is 10. The van der Waals surface area contributed by atoms with Gasteiger partial charge in [0.15, 0.2) is 6.61 Å². The average molecular weight is 425 g/mol. The summed E-state index contributed by atoms with van der Waals surface area (Å²) in [7, 11) is 0. The summed E-state index contributed by atoms with van der Waals surface area (Å²) in [6.07, 6.45) is 1.92. The van der Waals surface area contributed by atoms with Gasteiger partial charge in [-0.05, 0) is 42.0 Å². The summed E-state index contributed by atoms with van der Waals surface area (Å²) in [6.45, 7) is 11.2. The maximum Gasteiger partial charge on any atom is 0.261 e. The van der Waals surface area contributed by atoms with E-state index < -0.39 is 6.04 Å². The number of hydrogen-bond donors (Lipinski definition) is 1. The van der Waals surface area contributed by atoms with E-state index in [1.165, 1.54) is 5.56 Å². The molecule has 0 spiro atoms. The number of unbranched alkanes of at least 4 members (excludes halogenated alkanes) is 1. The van der Waals surface area contributed by atoms with Crippen molar-refractivity contribution in [3.05, 3.63) is 65.7 Å². The molecular formula is C26H36N2O3. The van der Waals surface area contributed by atoms with Gasteiger partial charge in [0.2, 0.25) is 5.91 Å². The first kappa shape index (κ1) is 24.4. The van der Waals surface area contributed by atoms with Crippen LogP contribution < -0.4 is 10.1 Å². The molecule has 0 heterocycles. The molecule has 0 aliphatic heterocycles. The van der Waals surface area contributed by atoms with E-state index in [2.05, 4.69) is 33.0 Å². The van der Waals surface area contributed by atoms with Crippen molar-refractivity contribution < 1.29 is 14.3 Å². The van der Waals surface area contributed by atoms with Gasteiger partial charge in [-0.15, -0.1) is 0 Å². The number of nitrogens with one attached hydrogen (secondary N) is 1. The van der Waals surface area contributed by atoms with Crippen molar-refractivity contribution >= 4 is 11.8 Å². The van der Waals surface area contributed by atoms with Crippen molar-refractivity contribution in [3.63, 3.8) is 0 Å². The fraction of sp³-hybridized carbons (Fsp3) is 0.462. The number of benzene rings is 2. The predicted octanol–water partition coefficient (Wildman–Crippen LogP) is 4.70. The molecule has 0 fully saturated rings. The van der Waals surface area contributed by atoms with Crippen molar-refractivity contribution in [2.45, 2.75) is 65.5 Å². The van der Waals surface area contributed by atoms with E-state index >= 15 is 0 Å². The summed E-state index contributed by atoms with van der Waals surface area (Å²) >= 11 is 0. The van der Waals surface area contributed by atoms with Gasteiger partial charge in [0.25, 0.3) is 5.91 Å². The first-order valence-corrected chi connectivity index (χ1v) is 11.1. The zero-order chi connectivity index (χ0) is 22.9. The van der Waals surface area contributed by atoms with Crippen LogP contribution in [-0.4, -0.2) is 35.9 Å². The van der Waals surface area contributed by atoms with Crippen LogP contribution in [0.1, 0.15) is 58.6 Å². The smallest absolute Gasteiger partial charge is 0.261 e. The van der Waals surface area contributed by atoms with Crippen molar-refractivity contribution in [2.24, 2.45) is 0 Å². The lowest BCUT2D eigenvalue weighted by Gasteiger charge is -2.28.